The summed E-state index contributed by atoms with van der Waals surface area (Å²) in [4.78, 5) is 16.7. The van der Waals surface area contributed by atoms with Crippen LogP contribution >= 0.6 is 0 Å². The number of hydrogen-bond acceptors (Lipinski definition) is 4. The first-order valence-corrected chi connectivity index (χ1v) is 3.91. The van der Waals surface area contributed by atoms with E-state index in [1.165, 1.54) is 38.5 Å². The van der Waals surface area contributed by atoms with E-state index in [4.69, 9.17) is 20.4 Å². The zero-order chi connectivity index (χ0) is 9.66. The number of nitrogens with one attached hydrogen (secondary N) is 2. The Hall–Kier alpha value is -1.24. The van der Waals surface area contributed by atoms with Gasteiger partial charge in [0.15, 0.2) is 0 Å². The zero-order valence-corrected chi connectivity index (χ0v) is 7.06. The van der Waals surface area contributed by atoms with Gasteiger partial charge in [-0.15, -0.1) is 0 Å². The van der Waals surface area contributed by atoms with E-state index in [9.17, 15) is 0 Å². The second-order valence-electron chi connectivity index (χ2n) is 2.33. The summed E-state index contributed by atoms with van der Waals surface area (Å²) in [5, 5.41) is 10.8. The lowest BCUT2D eigenvalue weighted by atomic mass is 10.0. The van der Waals surface area contributed by atoms with Crippen LogP contribution in [0.3, 0.4) is 0 Å². The summed E-state index contributed by atoms with van der Waals surface area (Å²) in [5.41, 5.74) is 0. The topological polar surface area (TPSA) is 81.8 Å². The largest absolute Gasteiger partial charge is 0.231 e. The molecule has 76 valence electrons. The molecule has 4 heteroatoms. The number of hydrogen-bond donors (Lipinski definition) is 2. The van der Waals surface area contributed by atoms with Crippen LogP contribution in [0, 0.1) is 10.8 Å². The molecule has 0 heterocycles. The quantitative estimate of drug-likeness (QED) is 0.450. The molecule has 0 radical (unpaired) electrons. The molecule has 1 rings (SSSR count). The minimum absolute atomic E-state index is 0. The number of carbonyl (C=O) groups excluding carboxylic acids is 2. The molecule has 13 heavy (non-hydrogen) atoms. The van der Waals surface area contributed by atoms with Crippen LogP contribution in [0.15, 0.2) is 0 Å². The molecule has 0 aromatic rings. The van der Waals surface area contributed by atoms with Crippen LogP contribution < -0.4 is 0 Å². The standard InChI is InChI=1S/C6H12.2CHNO.CH4/c1-2-4-6-5-3-1;2*2-1-3;/h1-6H2;2*2H;1H4. The average Bonchev–Trinajstić information content (AvgIpc) is 2.10. The van der Waals surface area contributed by atoms with Gasteiger partial charge in [0.25, 0.3) is 0 Å². The van der Waals surface area contributed by atoms with E-state index in [-0.39, 0.29) is 7.43 Å². The summed E-state index contributed by atoms with van der Waals surface area (Å²) in [6.07, 6.45) is 10.5. The Labute approximate surface area is 79.4 Å². The molecule has 2 N–H and O–H groups in total. The summed E-state index contributed by atoms with van der Waals surface area (Å²) in [7, 11) is 0. The third-order valence-corrected chi connectivity index (χ3v) is 1.50. The van der Waals surface area contributed by atoms with Crippen LogP contribution in [0.5, 0.6) is 0 Å². The van der Waals surface area contributed by atoms with Gasteiger partial charge >= 0.3 is 0 Å². The zero-order valence-electron chi connectivity index (χ0n) is 7.06. The lowest BCUT2D eigenvalue weighted by Gasteiger charge is -2.05. The minimum Gasteiger partial charge on any atom is -0.222 e. The van der Waals surface area contributed by atoms with Crippen molar-refractivity contribution in [2.45, 2.75) is 46.0 Å². The fourth-order valence-corrected chi connectivity index (χ4v) is 1.06. The van der Waals surface area contributed by atoms with Crippen molar-refractivity contribution < 1.29 is 9.59 Å². The van der Waals surface area contributed by atoms with Crippen molar-refractivity contribution in [2.24, 2.45) is 0 Å². The van der Waals surface area contributed by atoms with Gasteiger partial charge in [-0.3, -0.25) is 0 Å². The van der Waals surface area contributed by atoms with E-state index in [0.29, 0.717) is 0 Å². The van der Waals surface area contributed by atoms with E-state index in [2.05, 4.69) is 0 Å². The van der Waals surface area contributed by atoms with Crippen molar-refractivity contribution in [2.75, 3.05) is 0 Å². The van der Waals surface area contributed by atoms with Crippen molar-refractivity contribution in [3.05, 3.63) is 0 Å². The highest BCUT2D eigenvalue weighted by molar-refractivity contribution is 5.26. The summed E-state index contributed by atoms with van der Waals surface area (Å²) in [6, 6.07) is 0. The maximum Gasteiger partial charge on any atom is 0.231 e. The Morgan fingerprint density at radius 3 is 0.846 bits per heavy atom. The van der Waals surface area contributed by atoms with Gasteiger partial charge in [0, 0.05) is 0 Å². The normalized spacial score (nSPS) is 12.3. The highest BCUT2D eigenvalue weighted by atomic mass is 16.1. The second-order valence-corrected chi connectivity index (χ2v) is 2.33. The lowest BCUT2D eigenvalue weighted by molar-refractivity contribution is 0.504. The Kier molecular flexibility index (Phi) is 30.6. The van der Waals surface area contributed by atoms with E-state index in [1.54, 1.807) is 0 Å². The van der Waals surface area contributed by atoms with Crippen molar-refractivity contribution in [3.8, 4) is 0 Å². The molecule has 1 aliphatic rings. The van der Waals surface area contributed by atoms with Crippen LogP contribution in [0.1, 0.15) is 46.0 Å². The first-order chi connectivity index (χ1) is 5.83. The van der Waals surface area contributed by atoms with Crippen molar-refractivity contribution in [1.82, 2.24) is 0 Å². The molecule has 0 aromatic heterocycles. The summed E-state index contributed by atoms with van der Waals surface area (Å²) in [5.74, 6) is 0. The van der Waals surface area contributed by atoms with Gasteiger partial charge < -0.3 is 0 Å². The van der Waals surface area contributed by atoms with Crippen LogP contribution in [0.4, 0.5) is 0 Å². The predicted octanol–water partition coefficient (Wildman–Crippen LogP) is 2.78. The summed E-state index contributed by atoms with van der Waals surface area (Å²) < 4.78 is 0. The molecule has 0 amide bonds. The third kappa shape index (κ3) is 36.4. The first kappa shape index (κ1) is 17.7. The van der Waals surface area contributed by atoms with Gasteiger partial charge in [-0.05, 0) is 0 Å². The maximum atomic E-state index is 8.35. The highest BCUT2D eigenvalue weighted by Gasteiger charge is 1.95. The van der Waals surface area contributed by atoms with Crippen LogP contribution in [0.2, 0.25) is 0 Å². The van der Waals surface area contributed by atoms with Gasteiger partial charge in [-0.25, -0.2) is 20.4 Å². The Morgan fingerprint density at radius 1 is 0.692 bits per heavy atom. The molecule has 0 atom stereocenters. The summed E-state index contributed by atoms with van der Waals surface area (Å²) >= 11 is 0. The molecule has 4 nitrogen and oxygen atoms in total. The molecule has 0 aromatic carbocycles. The predicted molar refractivity (Wildman–Crippen MR) is 51.3 cm³/mol. The van der Waals surface area contributed by atoms with E-state index < -0.39 is 0 Å². The first-order valence-electron chi connectivity index (χ1n) is 3.91. The number of rotatable bonds is 0. The molecule has 0 unspecified atom stereocenters. The van der Waals surface area contributed by atoms with Crippen molar-refractivity contribution >= 4 is 12.2 Å². The molecule has 1 saturated carbocycles. The Morgan fingerprint density at radius 2 is 0.769 bits per heavy atom. The van der Waals surface area contributed by atoms with Gasteiger partial charge in [0.05, 0.1) is 0 Å². The number of isocyanates is 2. The molecular weight excluding hydrogens is 168 g/mol. The van der Waals surface area contributed by atoms with E-state index in [0.717, 1.165) is 12.2 Å². The van der Waals surface area contributed by atoms with E-state index in [1.807, 2.05) is 0 Å². The molecule has 0 aliphatic heterocycles. The van der Waals surface area contributed by atoms with Crippen LogP contribution in [0.25, 0.3) is 0 Å². The van der Waals surface area contributed by atoms with Gasteiger partial charge in [0.1, 0.15) is 0 Å². The molecule has 0 saturated heterocycles. The minimum atomic E-state index is 0. The molecule has 0 spiro atoms. The fourth-order valence-electron chi connectivity index (χ4n) is 1.06. The van der Waals surface area contributed by atoms with Crippen LogP contribution in [-0.4, -0.2) is 12.2 Å². The van der Waals surface area contributed by atoms with E-state index >= 15 is 0 Å². The van der Waals surface area contributed by atoms with Crippen molar-refractivity contribution in [1.29, 1.82) is 10.8 Å². The molecule has 1 aliphatic carbocycles. The monoisotopic (exact) mass is 186 g/mol. The van der Waals surface area contributed by atoms with Crippen molar-refractivity contribution in [3.63, 3.8) is 0 Å². The maximum absolute atomic E-state index is 8.35. The molecular formula is C9H18N2O2. The third-order valence-electron chi connectivity index (χ3n) is 1.50. The summed E-state index contributed by atoms with van der Waals surface area (Å²) in [6.45, 7) is 0. The molecule has 1 fully saturated rings. The Bertz CT molecular complexity index is 118. The van der Waals surface area contributed by atoms with Gasteiger partial charge in [-0.1, -0.05) is 46.0 Å². The molecule has 0 bridgehead atoms. The second kappa shape index (κ2) is 22.4. The SMILES string of the molecule is C.C1CCCCC1.N=C=O.N=C=O. The van der Waals surface area contributed by atoms with Crippen LogP contribution in [-0.2, 0) is 9.59 Å². The van der Waals surface area contributed by atoms with Gasteiger partial charge in [0.2, 0.25) is 12.2 Å². The lowest BCUT2D eigenvalue weighted by Crippen LogP contribution is -1.85. The highest BCUT2D eigenvalue weighted by Crippen LogP contribution is 2.15. The van der Waals surface area contributed by atoms with Gasteiger partial charge in [-0.2, -0.15) is 0 Å². The average molecular weight is 186 g/mol. The smallest absolute Gasteiger partial charge is 0.222 e. The fraction of sp³-hybridized carbons (Fsp3) is 0.778. The Balaban J connectivity index is -0.000000126.